The van der Waals surface area contributed by atoms with E-state index in [2.05, 4.69) is 17.2 Å². The fourth-order valence-corrected chi connectivity index (χ4v) is 4.78. The number of nitrogens with one attached hydrogen (secondary N) is 1. The highest BCUT2D eigenvalue weighted by atomic mass is 32.1. The molecule has 3 rings (SSSR count). The molecule has 1 atom stereocenters. The lowest BCUT2D eigenvalue weighted by atomic mass is 9.79. The van der Waals surface area contributed by atoms with Crippen molar-refractivity contribution < 1.29 is 9.53 Å². The van der Waals surface area contributed by atoms with Crippen molar-refractivity contribution in [2.24, 2.45) is 17.1 Å². The Morgan fingerprint density at radius 2 is 2.26 bits per heavy atom. The van der Waals surface area contributed by atoms with Crippen LogP contribution in [0.15, 0.2) is 0 Å². The summed E-state index contributed by atoms with van der Waals surface area (Å²) >= 11 is 1.65. The van der Waals surface area contributed by atoms with Crippen LogP contribution in [-0.4, -0.2) is 30.6 Å². The molecule has 2 heterocycles. The third-order valence-electron chi connectivity index (χ3n) is 5.28. The first-order valence-corrected chi connectivity index (χ1v) is 9.56. The van der Waals surface area contributed by atoms with Crippen LogP contribution in [0.1, 0.15) is 49.6 Å². The molecule has 0 saturated carbocycles. The number of thiazole rings is 1. The number of nitrogens with two attached hydrogens (primary N) is 1. The van der Waals surface area contributed by atoms with Crippen LogP contribution in [0.4, 0.5) is 5.13 Å². The monoisotopic (exact) mass is 337 g/mol. The maximum Gasteiger partial charge on any atom is 0.233 e. The molecule has 1 aromatic rings. The largest absolute Gasteiger partial charge is 0.381 e. The number of aromatic nitrogens is 1. The van der Waals surface area contributed by atoms with E-state index in [4.69, 9.17) is 10.5 Å². The number of fused-ring (bicyclic) bond motifs is 1. The molecule has 1 aromatic heterocycles. The maximum absolute atomic E-state index is 12.7. The van der Waals surface area contributed by atoms with Gasteiger partial charge in [-0.05, 0) is 38.0 Å². The second-order valence-electron chi connectivity index (χ2n) is 6.84. The van der Waals surface area contributed by atoms with Crippen LogP contribution >= 0.6 is 11.3 Å². The minimum Gasteiger partial charge on any atom is -0.381 e. The molecular formula is C17H27N3O2S. The fraction of sp³-hybridized carbons (Fsp3) is 0.765. The predicted molar refractivity (Wildman–Crippen MR) is 92.7 cm³/mol. The smallest absolute Gasteiger partial charge is 0.233 e. The number of carbonyl (C=O) groups excluding carboxylic acids is 1. The Bertz CT molecular complexity index is 552. The van der Waals surface area contributed by atoms with Crippen LogP contribution in [0.2, 0.25) is 0 Å². The lowest BCUT2D eigenvalue weighted by molar-refractivity contribution is -0.130. The Morgan fingerprint density at radius 3 is 2.96 bits per heavy atom. The van der Waals surface area contributed by atoms with Gasteiger partial charge in [0.1, 0.15) is 0 Å². The van der Waals surface area contributed by atoms with Crippen molar-refractivity contribution in [2.45, 2.75) is 51.9 Å². The molecule has 1 fully saturated rings. The topological polar surface area (TPSA) is 77.2 Å². The van der Waals surface area contributed by atoms with E-state index in [9.17, 15) is 4.79 Å². The minimum absolute atomic E-state index is 0.0134. The molecule has 0 radical (unpaired) electrons. The average molecular weight is 337 g/mol. The minimum atomic E-state index is -0.491. The van der Waals surface area contributed by atoms with Gasteiger partial charge in [-0.3, -0.25) is 4.79 Å². The van der Waals surface area contributed by atoms with E-state index in [0.29, 0.717) is 32.6 Å². The Kier molecular flexibility index (Phi) is 5.34. The average Bonchev–Trinajstić information content (AvgIpc) is 2.97. The van der Waals surface area contributed by atoms with Gasteiger partial charge < -0.3 is 15.8 Å². The van der Waals surface area contributed by atoms with Crippen molar-refractivity contribution >= 4 is 22.4 Å². The molecule has 0 bridgehead atoms. The summed E-state index contributed by atoms with van der Waals surface area (Å²) in [7, 11) is 0. The highest BCUT2D eigenvalue weighted by Crippen LogP contribution is 2.36. The molecule has 0 spiro atoms. The van der Waals surface area contributed by atoms with E-state index in [-0.39, 0.29) is 5.91 Å². The Morgan fingerprint density at radius 1 is 1.48 bits per heavy atom. The zero-order chi connectivity index (χ0) is 16.3. The van der Waals surface area contributed by atoms with E-state index in [0.717, 1.165) is 23.9 Å². The first-order chi connectivity index (χ1) is 11.2. The first-order valence-electron chi connectivity index (χ1n) is 8.74. The van der Waals surface area contributed by atoms with Gasteiger partial charge in [-0.2, -0.15) is 0 Å². The summed E-state index contributed by atoms with van der Waals surface area (Å²) in [6.45, 7) is 3.83. The van der Waals surface area contributed by atoms with Gasteiger partial charge in [0, 0.05) is 24.6 Å². The summed E-state index contributed by atoms with van der Waals surface area (Å²) in [5.41, 5.74) is 6.60. The van der Waals surface area contributed by atoms with Crippen LogP contribution in [0.25, 0.3) is 0 Å². The van der Waals surface area contributed by atoms with Gasteiger partial charge in [0.15, 0.2) is 5.13 Å². The van der Waals surface area contributed by atoms with E-state index in [1.54, 1.807) is 11.3 Å². The van der Waals surface area contributed by atoms with Gasteiger partial charge in [-0.1, -0.05) is 19.8 Å². The zero-order valence-corrected chi connectivity index (χ0v) is 14.7. The highest BCUT2D eigenvalue weighted by molar-refractivity contribution is 7.15. The second kappa shape index (κ2) is 7.28. The van der Waals surface area contributed by atoms with E-state index < -0.39 is 5.41 Å². The highest BCUT2D eigenvalue weighted by Gasteiger charge is 2.39. The molecule has 23 heavy (non-hydrogen) atoms. The molecule has 1 aliphatic heterocycles. The summed E-state index contributed by atoms with van der Waals surface area (Å²) in [4.78, 5) is 18.7. The number of nitrogens with zero attached hydrogens (tertiary/aromatic N) is 1. The van der Waals surface area contributed by atoms with E-state index in [1.165, 1.54) is 29.8 Å². The van der Waals surface area contributed by atoms with Crippen molar-refractivity contribution in [3.8, 4) is 0 Å². The molecule has 5 nitrogen and oxygen atoms in total. The number of hydrogen-bond donors (Lipinski definition) is 2. The zero-order valence-electron chi connectivity index (χ0n) is 13.9. The number of hydrogen-bond acceptors (Lipinski definition) is 5. The maximum atomic E-state index is 12.7. The molecule has 1 aliphatic carbocycles. The summed E-state index contributed by atoms with van der Waals surface area (Å²) in [6.07, 6.45) is 7.30. The molecule has 1 unspecified atom stereocenters. The van der Waals surface area contributed by atoms with Crippen LogP contribution in [0.3, 0.4) is 0 Å². The Labute approximate surface area is 142 Å². The molecule has 2 aliphatic rings. The van der Waals surface area contributed by atoms with Gasteiger partial charge in [0.2, 0.25) is 5.91 Å². The van der Waals surface area contributed by atoms with Gasteiger partial charge in [0.25, 0.3) is 0 Å². The lowest BCUT2D eigenvalue weighted by Crippen LogP contribution is -2.46. The number of amides is 1. The Hall–Kier alpha value is -0.980. The molecule has 128 valence electrons. The third-order valence-corrected chi connectivity index (χ3v) is 6.32. The Balaban J connectivity index is 1.68. The summed E-state index contributed by atoms with van der Waals surface area (Å²) in [5.74, 6) is 0.793. The van der Waals surface area contributed by atoms with Crippen molar-refractivity contribution in [3.63, 3.8) is 0 Å². The van der Waals surface area contributed by atoms with Crippen molar-refractivity contribution in [3.05, 3.63) is 10.6 Å². The van der Waals surface area contributed by atoms with Gasteiger partial charge in [-0.25, -0.2) is 4.98 Å². The number of ether oxygens (including phenoxy) is 1. The molecule has 1 saturated heterocycles. The van der Waals surface area contributed by atoms with Crippen LogP contribution < -0.4 is 11.1 Å². The van der Waals surface area contributed by atoms with Gasteiger partial charge in [-0.15, -0.1) is 11.3 Å². The standard InChI is InChI=1S/C17H27N3O2S/c1-2-3-12-4-5-13-14(10-12)23-16(19-13)20-15(21)17(11-18)6-8-22-9-7-17/h12H,2-11,18H2,1H3,(H,19,20,21). The fourth-order valence-electron chi connectivity index (χ4n) is 3.67. The second-order valence-corrected chi connectivity index (χ2v) is 7.92. The third kappa shape index (κ3) is 3.59. The van der Waals surface area contributed by atoms with Crippen LogP contribution in [-0.2, 0) is 22.4 Å². The predicted octanol–water partition coefficient (Wildman–Crippen LogP) is 2.74. The van der Waals surface area contributed by atoms with E-state index in [1.807, 2.05) is 0 Å². The SMILES string of the molecule is CCCC1CCc2nc(NC(=O)C3(CN)CCOCC3)sc2C1. The molecule has 3 N–H and O–H groups in total. The van der Waals surface area contributed by atoms with Crippen LogP contribution in [0.5, 0.6) is 0 Å². The number of carbonyl (C=O) groups is 1. The number of aryl methyl sites for hydroxylation is 1. The molecular weight excluding hydrogens is 310 g/mol. The number of anilines is 1. The molecule has 6 heteroatoms. The van der Waals surface area contributed by atoms with Crippen LogP contribution in [0, 0.1) is 11.3 Å². The molecule has 1 amide bonds. The van der Waals surface area contributed by atoms with E-state index >= 15 is 0 Å². The quantitative estimate of drug-likeness (QED) is 0.866. The lowest BCUT2D eigenvalue weighted by Gasteiger charge is -2.34. The molecule has 0 aromatic carbocycles. The van der Waals surface area contributed by atoms with Crippen molar-refractivity contribution in [1.82, 2.24) is 4.98 Å². The summed E-state index contributed by atoms with van der Waals surface area (Å²) < 4.78 is 5.38. The summed E-state index contributed by atoms with van der Waals surface area (Å²) in [5, 5.41) is 3.79. The first kappa shape index (κ1) is 16.9. The van der Waals surface area contributed by atoms with Crippen molar-refractivity contribution in [2.75, 3.05) is 25.1 Å². The van der Waals surface area contributed by atoms with Crippen molar-refractivity contribution in [1.29, 1.82) is 0 Å². The number of rotatable bonds is 5. The van der Waals surface area contributed by atoms with Gasteiger partial charge in [0.05, 0.1) is 11.1 Å². The summed E-state index contributed by atoms with van der Waals surface area (Å²) in [6, 6.07) is 0. The van der Waals surface area contributed by atoms with Gasteiger partial charge >= 0.3 is 0 Å². The normalized spacial score (nSPS) is 23.3.